The SMILES string of the molecule is CCCN1CC[C@@H](n2cc(NC3=NC=C(C(F)(F)F)C(N)(CC)N3)cn2)[C@H](F)C1. The lowest BCUT2D eigenvalue weighted by Crippen LogP contribution is -2.62. The fourth-order valence-corrected chi connectivity index (χ4v) is 3.72. The van der Waals surface area contributed by atoms with E-state index >= 15 is 0 Å². The Morgan fingerprint density at radius 2 is 2.14 bits per heavy atom. The maximum Gasteiger partial charge on any atom is 0.417 e. The van der Waals surface area contributed by atoms with Gasteiger partial charge >= 0.3 is 6.18 Å². The van der Waals surface area contributed by atoms with Gasteiger partial charge in [-0.25, -0.2) is 9.38 Å². The lowest BCUT2D eigenvalue weighted by molar-refractivity contribution is -0.102. The minimum absolute atomic E-state index is 0.0121. The van der Waals surface area contributed by atoms with E-state index in [0.717, 1.165) is 25.7 Å². The molecule has 0 radical (unpaired) electrons. The van der Waals surface area contributed by atoms with E-state index in [1.807, 2.05) is 0 Å². The van der Waals surface area contributed by atoms with Crippen molar-refractivity contribution in [2.45, 2.75) is 57.2 Å². The number of aliphatic imine (C=N–C) groups is 1. The first-order chi connectivity index (χ1) is 13.7. The van der Waals surface area contributed by atoms with Crippen molar-refractivity contribution in [2.75, 3.05) is 25.0 Å². The summed E-state index contributed by atoms with van der Waals surface area (Å²) in [6.45, 7) is 5.66. The molecule has 4 N–H and O–H groups in total. The highest BCUT2D eigenvalue weighted by atomic mass is 19.4. The molecule has 11 heteroatoms. The fraction of sp³-hybridized carbons (Fsp3) is 0.667. The third-order valence-electron chi connectivity index (χ3n) is 5.34. The largest absolute Gasteiger partial charge is 0.417 e. The molecule has 7 nitrogen and oxygen atoms in total. The molecule has 2 aliphatic rings. The van der Waals surface area contributed by atoms with Crippen LogP contribution in [0.5, 0.6) is 0 Å². The van der Waals surface area contributed by atoms with Crippen LogP contribution in [0.15, 0.2) is 29.2 Å². The van der Waals surface area contributed by atoms with Crippen LogP contribution in [0, 0.1) is 0 Å². The van der Waals surface area contributed by atoms with Gasteiger partial charge in [0.2, 0.25) is 5.96 Å². The normalized spacial score (nSPS) is 28.5. The van der Waals surface area contributed by atoms with Crippen molar-refractivity contribution < 1.29 is 17.6 Å². The van der Waals surface area contributed by atoms with Gasteiger partial charge in [-0.2, -0.15) is 18.3 Å². The van der Waals surface area contributed by atoms with Crippen LogP contribution in [0.3, 0.4) is 0 Å². The zero-order chi connectivity index (χ0) is 21.2. The summed E-state index contributed by atoms with van der Waals surface area (Å²) in [6.07, 6.45) is -0.144. The number of hydrogen-bond donors (Lipinski definition) is 3. The summed E-state index contributed by atoms with van der Waals surface area (Å²) in [4.78, 5) is 5.90. The zero-order valence-electron chi connectivity index (χ0n) is 16.5. The number of aromatic nitrogens is 2. The molecule has 1 aromatic rings. The van der Waals surface area contributed by atoms with Gasteiger partial charge < -0.3 is 21.3 Å². The highest BCUT2D eigenvalue weighted by molar-refractivity contribution is 5.95. The number of nitrogens with two attached hydrogens (primary N) is 1. The molecule has 0 saturated carbocycles. The predicted molar refractivity (Wildman–Crippen MR) is 103 cm³/mol. The first-order valence-electron chi connectivity index (χ1n) is 9.76. The predicted octanol–water partition coefficient (Wildman–Crippen LogP) is 2.76. The van der Waals surface area contributed by atoms with E-state index in [4.69, 9.17) is 5.73 Å². The van der Waals surface area contributed by atoms with Gasteiger partial charge in [0.25, 0.3) is 0 Å². The monoisotopic (exact) mass is 417 g/mol. The molecule has 0 bridgehead atoms. The summed E-state index contributed by atoms with van der Waals surface area (Å²) >= 11 is 0. The molecule has 1 aromatic heterocycles. The quantitative estimate of drug-likeness (QED) is 0.642. The Morgan fingerprint density at radius 1 is 1.38 bits per heavy atom. The number of guanidine groups is 1. The fourth-order valence-electron chi connectivity index (χ4n) is 3.72. The van der Waals surface area contributed by atoms with Crippen molar-refractivity contribution in [1.29, 1.82) is 0 Å². The smallest absolute Gasteiger partial charge is 0.334 e. The second-order valence-electron chi connectivity index (χ2n) is 7.47. The van der Waals surface area contributed by atoms with Crippen LogP contribution < -0.4 is 16.4 Å². The summed E-state index contributed by atoms with van der Waals surface area (Å²) < 4.78 is 55.7. The van der Waals surface area contributed by atoms with Gasteiger partial charge in [0.15, 0.2) is 0 Å². The molecule has 3 atom stereocenters. The summed E-state index contributed by atoms with van der Waals surface area (Å²) in [5.74, 6) is 0.0801. The maximum absolute atomic E-state index is 14.6. The van der Waals surface area contributed by atoms with Crippen LogP contribution in [-0.4, -0.2) is 58.3 Å². The molecule has 0 spiro atoms. The number of halogens is 4. The Bertz CT molecular complexity index is 773. The lowest BCUT2D eigenvalue weighted by atomic mass is 9.96. The van der Waals surface area contributed by atoms with Gasteiger partial charge in [-0.15, -0.1) is 0 Å². The number of anilines is 1. The Hall–Kier alpha value is -2.14. The maximum atomic E-state index is 14.6. The molecule has 3 rings (SSSR count). The van der Waals surface area contributed by atoms with Crippen molar-refractivity contribution in [2.24, 2.45) is 10.7 Å². The number of nitrogens with zero attached hydrogens (tertiary/aromatic N) is 4. The lowest BCUT2D eigenvalue weighted by Gasteiger charge is -2.36. The molecule has 0 amide bonds. The van der Waals surface area contributed by atoms with Gasteiger partial charge in [-0.05, 0) is 25.8 Å². The Labute approximate surface area is 167 Å². The number of hydrogen-bond acceptors (Lipinski definition) is 6. The highest BCUT2D eigenvalue weighted by Crippen LogP contribution is 2.34. The average Bonchev–Trinajstić information content (AvgIpc) is 3.09. The summed E-state index contributed by atoms with van der Waals surface area (Å²) in [7, 11) is 0. The number of piperidine rings is 1. The minimum atomic E-state index is -4.58. The van der Waals surface area contributed by atoms with Crippen LogP contribution >= 0.6 is 0 Å². The Balaban J connectivity index is 1.69. The van der Waals surface area contributed by atoms with Gasteiger partial charge in [-0.1, -0.05) is 13.8 Å². The van der Waals surface area contributed by atoms with Gasteiger partial charge in [0.05, 0.1) is 23.5 Å². The van der Waals surface area contributed by atoms with Crippen molar-refractivity contribution in [3.8, 4) is 0 Å². The first kappa shape index (κ1) is 21.6. The molecular formula is C18H27F4N7. The Kier molecular flexibility index (Phi) is 6.18. The molecule has 1 unspecified atom stereocenters. The van der Waals surface area contributed by atoms with E-state index < -0.39 is 23.6 Å². The number of likely N-dealkylation sites (tertiary alicyclic amines) is 1. The zero-order valence-corrected chi connectivity index (χ0v) is 16.5. The second-order valence-corrected chi connectivity index (χ2v) is 7.47. The Morgan fingerprint density at radius 3 is 2.76 bits per heavy atom. The molecule has 2 aliphatic heterocycles. The molecular weight excluding hydrogens is 390 g/mol. The molecule has 3 heterocycles. The highest BCUT2D eigenvalue weighted by Gasteiger charge is 2.47. The summed E-state index contributed by atoms with van der Waals surface area (Å²) in [5, 5.41) is 9.71. The standard InChI is InChI=1S/C18H27F4N7/c1-3-6-28-7-5-14(13(19)11-28)29-10-12(8-25-29)26-16-24-9-15(18(20,21)22)17(23,4-2)27-16/h8-10,13-14H,3-7,11,23H2,1-2H3,(H2,24,26,27)/t13-,14-,17?/m1/s1. The first-order valence-corrected chi connectivity index (χ1v) is 9.76. The molecule has 1 fully saturated rings. The number of nitrogens with one attached hydrogen (secondary N) is 2. The third kappa shape index (κ3) is 4.72. The van der Waals surface area contributed by atoms with Crippen molar-refractivity contribution in [1.82, 2.24) is 20.0 Å². The van der Waals surface area contributed by atoms with E-state index in [2.05, 4.69) is 32.5 Å². The average molecular weight is 417 g/mol. The van der Waals surface area contributed by atoms with Crippen molar-refractivity contribution >= 4 is 11.6 Å². The van der Waals surface area contributed by atoms with E-state index in [0.29, 0.717) is 18.7 Å². The molecule has 29 heavy (non-hydrogen) atoms. The molecule has 1 saturated heterocycles. The van der Waals surface area contributed by atoms with Crippen LogP contribution in [0.25, 0.3) is 0 Å². The van der Waals surface area contributed by atoms with E-state index in [1.165, 1.54) is 6.20 Å². The van der Waals surface area contributed by atoms with Crippen molar-refractivity contribution in [3.05, 3.63) is 24.2 Å². The van der Waals surface area contributed by atoms with Gasteiger partial charge in [0.1, 0.15) is 11.8 Å². The molecule has 0 aliphatic carbocycles. The molecule has 0 aromatic carbocycles. The summed E-state index contributed by atoms with van der Waals surface area (Å²) in [6, 6.07) is -0.374. The van der Waals surface area contributed by atoms with E-state index in [1.54, 1.807) is 17.8 Å². The number of rotatable bonds is 5. The van der Waals surface area contributed by atoms with Crippen LogP contribution in [-0.2, 0) is 0 Å². The third-order valence-corrected chi connectivity index (χ3v) is 5.34. The van der Waals surface area contributed by atoms with Gasteiger partial charge in [0, 0.05) is 25.5 Å². The topological polar surface area (TPSA) is 83.5 Å². The van der Waals surface area contributed by atoms with E-state index in [9.17, 15) is 17.6 Å². The minimum Gasteiger partial charge on any atom is -0.334 e. The van der Waals surface area contributed by atoms with E-state index in [-0.39, 0.29) is 18.4 Å². The van der Waals surface area contributed by atoms with Crippen molar-refractivity contribution in [3.63, 3.8) is 0 Å². The van der Waals surface area contributed by atoms with Crippen LogP contribution in [0.2, 0.25) is 0 Å². The number of alkyl halides is 4. The van der Waals surface area contributed by atoms with Crippen LogP contribution in [0.1, 0.15) is 39.2 Å². The van der Waals surface area contributed by atoms with Crippen LogP contribution in [0.4, 0.5) is 23.2 Å². The summed E-state index contributed by atoms with van der Waals surface area (Å²) in [5.41, 5.74) is 3.68. The second kappa shape index (κ2) is 8.31. The van der Waals surface area contributed by atoms with Gasteiger partial charge in [-0.3, -0.25) is 4.68 Å². The molecule has 162 valence electrons.